The molecule has 1 amide bonds. The highest BCUT2D eigenvalue weighted by Crippen LogP contribution is 2.52. The first-order valence-corrected chi connectivity index (χ1v) is 7.92. The number of hydrogen-bond acceptors (Lipinski definition) is 4. The number of anilines is 1. The second kappa shape index (κ2) is 4.68. The van der Waals surface area contributed by atoms with Crippen molar-refractivity contribution >= 4 is 17.6 Å². The van der Waals surface area contributed by atoms with E-state index in [2.05, 4.69) is 13.8 Å². The molecule has 2 fully saturated rings. The highest BCUT2D eigenvalue weighted by atomic mass is 16.5. The van der Waals surface area contributed by atoms with Crippen LogP contribution in [-0.4, -0.2) is 30.1 Å². The van der Waals surface area contributed by atoms with Crippen molar-refractivity contribution in [2.45, 2.75) is 31.5 Å². The third kappa shape index (κ3) is 1.89. The summed E-state index contributed by atoms with van der Waals surface area (Å²) in [6.07, 6.45) is 3.05. The Morgan fingerprint density at radius 2 is 2.04 bits per heavy atom. The average Bonchev–Trinajstić information content (AvgIpc) is 3.15. The van der Waals surface area contributed by atoms with E-state index in [4.69, 9.17) is 4.74 Å². The second-order valence-electron chi connectivity index (χ2n) is 6.89. The van der Waals surface area contributed by atoms with Gasteiger partial charge in [-0.2, -0.15) is 0 Å². The molecule has 3 aliphatic rings. The molecule has 0 aromatic heterocycles. The number of nitrogens with zero attached hydrogens (tertiary/aromatic N) is 1. The maximum Gasteiger partial charge on any atom is 0.234 e. The molecule has 3 heterocycles. The van der Waals surface area contributed by atoms with Crippen molar-refractivity contribution < 1.29 is 19.4 Å². The van der Waals surface area contributed by atoms with E-state index in [1.54, 1.807) is 11.0 Å². The van der Waals surface area contributed by atoms with Gasteiger partial charge < -0.3 is 19.5 Å². The highest BCUT2D eigenvalue weighted by molar-refractivity contribution is 6.02. The van der Waals surface area contributed by atoms with Gasteiger partial charge >= 0.3 is 0 Å². The number of carbonyl (C=O) groups is 2. The molecule has 0 saturated carbocycles. The van der Waals surface area contributed by atoms with Crippen molar-refractivity contribution in [2.24, 2.45) is 11.8 Å². The lowest BCUT2D eigenvalue weighted by Gasteiger charge is -2.24. The van der Waals surface area contributed by atoms with E-state index in [9.17, 15) is 14.7 Å². The molecule has 5 heteroatoms. The Balaban J connectivity index is 1.67. The number of carbonyl (C=O) groups excluding carboxylic acids is 2. The third-order valence-electron chi connectivity index (χ3n) is 5.24. The van der Waals surface area contributed by atoms with E-state index in [0.29, 0.717) is 12.5 Å². The monoisotopic (exact) mass is 312 g/mol. The number of aliphatic carboxylic acids is 1. The van der Waals surface area contributed by atoms with Crippen LogP contribution in [0.5, 0.6) is 0 Å². The molecule has 120 valence electrons. The zero-order valence-corrected chi connectivity index (χ0v) is 13.1. The number of ether oxygens (including phenoxy) is 1. The minimum absolute atomic E-state index is 0.191. The van der Waals surface area contributed by atoms with Gasteiger partial charge in [0.15, 0.2) is 0 Å². The number of hydrogen-bond donors (Lipinski definition) is 0. The maximum absolute atomic E-state index is 12.8. The zero-order valence-electron chi connectivity index (χ0n) is 13.1. The van der Waals surface area contributed by atoms with Crippen LogP contribution in [0.2, 0.25) is 0 Å². The van der Waals surface area contributed by atoms with Crippen LogP contribution in [0.25, 0.3) is 0 Å². The Bertz CT molecular complexity index is 708. The van der Waals surface area contributed by atoms with E-state index in [-0.39, 0.29) is 5.91 Å². The van der Waals surface area contributed by atoms with Crippen LogP contribution in [0.1, 0.15) is 25.3 Å². The van der Waals surface area contributed by atoms with Crippen LogP contribution in [-0.2, 0) is 14.3 Å². The van der Waals surface area contributed by atoms with Crippen molar-refractivity contribution in [3.8, 4) is 0 Å². The molecule has 0 N–H and O–H groups in total. The summed E-state index contributed by atoms with van der Waals surface area (Å²) >= 11 is 0. The summed E-state index contributed by atoms with van der Waals surface area (Å²) in [4.78, 5) is 25.9. The van der Waals surface area contributed by atoms with E-state index >= 15 is 0 Å². The minimum atomic E-state index is -1.21. The van der Waals surface area contributed by atoms with Gasteiger partial charge in [0.2, 0.25) is 5.91 Å². The average molecular weight is 312 g/mol. The third-order valence-corrected chi connectivity index (χ3v) is 5.24. The van der Waals surface area contributed by atoms with Gasteiger partial charge in [-0.1, -0.05) is 38.1 Å². The zero-order chi connectivity index (χ0) is 16.4. The van der Waals surface area contributed by atoms with Crippen molar-refractivity contribution in [2.75, 3.05) is 11.4 Å². The second-order valence-corrected chi connectivity index (χ2v) is 6.89. The van der Waals surface area contributed by atoms with E-state index < -0.39 is 29.5 Å². The molecule has 0 unspecified atom stereocenters. The summed E-state index contributed by atoms with van der Waals surface area (Å²) in [5.41, 5.74) is 1.16. The lowest BCUT2D eigenvalue weighted by Crippen LogP contribution is -2.45. The molecule has 0 aliphatic carbocycles. The lowest BCUT2D eigenvalue weighted by molar-refractivity contribution is -0.313. The van der Waals surface area contributed by atoms with Gasteiger partial charge in [0.05, 0.1) is 18.6 Å². The SMILES string of the molecule is CC(C)c1ccc(N2C[C@]34C=C[C@H](O3)[C@H](C(=O)[O-])[C@@H]4C2=O)cc1. The standard InChI is InChI=1S/C18H19NO4/c1-10(2)11-3-5-12(6-4-11)19-9-18-8-7-13(23-18)14(17(21)22)15(18)16(19)20/h3-8,10,13-15H,9H2,1-2H3,(H,21,22)/p-1/t13-,14-,15+,18-/m0/s1. The fourth-order valence-corrected chi connectivity index (χ4v) is 4.03. The summed E-state index contributed by atoms with van der Waals surface area (Å²) in [6.45, 7) is 4.58. The van der Waals surface area contributed by atoms with Crippen molar-refractivity contribution in [1.29, 1.82) is 0 Å². The summed E-state index contributed by atoms with van der Waals surface area (Å²) < 4.78 is 5.85. The van der Waals surface area contributed by atoms with Crippen LogP contribution in [0, 0.1) is 11.8 Å². The van der Waals surface area contributed by atoms with Gasteiger partial charge in [0.1, 0.15) is 5.60 Å². The van der Waals surface area contributed by atoms with Crippen LogP contribution in [0.4, 0.5) is 5.69 Å². The Morgan fingerprint density at radius 1 is 1.35 bits per heavy atom. The highest BCUT2D eigenvalue weighted by Gasteiger charge is 2.65. The van der Waals surface area contributed by atoms with Gasteiger partial charge in [0.25, 0.3) is 0 Å². The topological polar surface area (TPSA) is 69.7 Å². The van der Waals surface area contributed by atoms with E-state index in [1.807, 2.05) is 30.3 Å². The van der Waals surface area contributed by atoms with E-state index in [1.165, 1.54) is 5.56 Å². The fourth-order valence-electron chi connectivity index (χ4n) is 4.03. The van der Waals surface area contributed by atoms with Gasteiger partial charge in [-0.3, -0.25) is 4.79 Å². The number of fused-ring (bicyclic) bond motifs is 1. The molecule has 5 nitrogen and oxygen atoms in total. The molecule has 1 aromatic rings. The Labute approximate surface area is 134 Å². The van der Waals surface area contributed by atoms with Gasteiger partial charge in [-0.15, -0.1) is 0 Å². The molecule has 23 heavy (non-hydrogen) atoms. The summed E-state index contributed by atoms with van der Waals surface area (Å²) in [7, 11) is 0. The largest absolute Gasteiger partial charge is 0.550 e. The number of carboxylic acids is 1. The number of amides is 1. The molecular formula is C18H18NO4-. The van der Waals surface area contributed by atoms with Crippen molar-refractivity contribution in [3.63, 3.8) is 0 Å². The molecule has 4 rings (SSSR count). The molecule has 1 spiro atoms. The van der Waals surface area contributed by atoms with E-state index in [0.717, 1.165) is 5.69 Å². The Hall–Kier alpha value is -2.14. The first-order valence-electron chi connectivity index (χ1n) is 7.92. The molecule has 4 atom stereocenters. The fraction of sp³-hybridized carbons (Fsp3) is 0.444. The number of carboxylic acid groups (broad SMARTS) is 1. The van der Waals surface area contributed by atoms with Gasteiger partial charge in [-0.25, -0.2) is 0 Å². The molecular weight excluding hydrogens is 294 g/mol. The number of benzene rings is 1. The first-order chi connectivity index (χ1) is 10.9. The van der Waals surface area contributed by atoms with Crippen molar-refractivity contribution in [3.05, 3.63) is 42.0 Å². The summed E-state index contributed by atoms with van der Waals surface area (Å²) in [5, 5.41) is 11.4. The Morgan fingerprint density at radius 3 is 2.65 bits per heavy atom. The van der Waals surface area contributed by atoms with Crippen molar-refractivity contribution in [1.82, 2.24) is 0 Å². The van der Waals surface area contributed by atoms with Gasteiger partial charge in [0, 0.05) is 17.6 Å². The number of rotatable bonds is 3. The normalized spacial score (nSPS) is 34.5. The Kier molecular flexibility index (Phi) is 2.94. The predicted molar refractivity (Wildman–Crippen MR) is 81.6 cm³/mol. The molecule has 3 aliphatic heterocycles. The smallest absolute Gasteiger partial charge is 0.234 e. The molecule has 0 radical (unpaired) electrons. The summed E-state index contributed by atoms with van der Waals surface area (Å²) in [6, 6.07) is 7.83. The van der Waals surface area contributed by atoms with Gasteiger partial charge in [-0.05, 0) is 23.6 Å². The molecule has 1 aromatic carbocycles. The van der Waals surface area contributed by atoms with Crippen LogP contribution in [0.3, 0.4) is 0 Å². The lowest BCUT2D eigenvalue weighted by atomic mass is 9.77. The first kappa shape index (κ1) is 14.5. The van der Waals surface area contributed by atoms with Crippen LogP contribution >= 0.6 is 0 Å². The molecule has 2 bridgehead atoms. The predicted octanol–water partition coefficient (Wildman–Crippen LogP) is 0.846. The minimum Gasteiger partial charge on any atom is -0.550 e. The molecule has 2 saturated heterocycles. The summed E-state index contributed by atoms with van der Waals surface area (Å²) in [5.74, 6) is -2.57. The van der Waals surface area contributed by atoms with Crippen LogP contribution in [0.15, 0.2) is 36.4 Å². The quantitative estimate of drug-likeness (QED) is 0.776. The maximum atomic E-state index is 12.8. The van der Waals surface area contributed by atoms with Crippen LogP contribution < -0.4 is 10.0 Å².